The van der Waals surface area contributed by atoms with Crippen molar-refractivity contribution in [2.24, 2.45) is 0 Å². The molecule has 0 aliphatic rings. The Morgan fingerprint density at radius 1 is 1.26 bits per heavy atom. The molecule has 1 N–H and O–H groups in total. The molecule has 102 valence electrons. The SMILES string of the molecule is CCCC(=O)c1nnc2nc(NC)nn2c1CCC. The Kier molecular flexibility index (Phi) is 4.03. The van der Waals surface area contributed by atoms with E-state index in [9.17, 15) is 4.79 Å². The second-order valence-corrected chi connectivity index (χ2v) is 4.32. The number of hydrogen-bond donors (Lipinski definition) is 1. The van der Waals surface area contributed by atoms with Crippen molar-refractivity contribution in [1.29, 1.82) is 0 Å². The maximum Gasteiger partial charge on any atom is 0.273 e. The lowest BCUT2D eigenvalue weighted by Gasteiger charge is -2.06. The molecule has 0 saturated carbocycles. The van der Waals surface area contributed by atoms with Crippen molar-refractivity contribution in [1.82, 2.24) is 24.8 Å². The Labute approximate surface area is 111 Å². The van der Waals surface area contributed by atoms with Gasteiger partial charge in [0.05, 0.1) is 5.69 Å². The summed E-state index contributed by atoms with van der Waals surface area (Å²) in [5, 5.41) is 15.2. The highest BCUT2D eigenvalue weighted by atomic mass is 16.1. The molecule has 0 amide bonds. The van der Waals surface area contributed by atoms with Gasteiger partial charge in [-0.3, -0.25) is 4.79 Å². The van der Waals surface area contributed by atoms with Gasteiger partial charge in [-0.25, -0.2) is 0 Å². The molecule has 0 radical (unpaired) electrons. The van der Waals surface area contributed by atoms with Gasteiger partial charge in [-0.2, -0.15) is 9.50 Å². The summed E-state index contributed by atoms with van der Waals surface area (Å²) in [6.07, 6.45) is 2.90. The monoisotopic (exact) mass is 262 g/mol. The Morgan fingerprint density at radius 3 is 2.68 bits per heavy atom. The van der Waals surface area contributed by atoms with Crippen molar-refractivity contribution in [2.75, 3.05) is 12.4 Å². The third kappa shape index (κ3) is 2.54. The standard InChI is InChI=1S/C12H18N6O/c1-4-6-8-10(9(19)7-5-2)15-16-12-14-11(13-3)17-18(8)12/h4-7H2,1-3H3,(H,13,17). The lowest BCUT2D eigenvalue weighted by Crippen LogP contribution is -2.14. The van der Waals surface area contributed by atoms with Crippen LogP contribution < -0.4 is 5.32 Å². The van der Waals surface area contributed by atoms with Crippen molar-refractivity contribution in [3.63, 3.8) is 0 Å². The van der Waals surface area contributed by atoms with E-state index in [1.165, 1.54) is 0 Å². The molecular formula is C12H18N6O. The van der Waals surface area contributed by atoms with Crippen molar-refractivity contribution >= 4 is 17.5 Å². The van der Waals surface area contributed by atoms with Crippen LogP contribution in [0, 0.1) is 0 Å². The molecule has 19 heavy (non-hydrogen) atoms. The molecule has 0 spiro atoms. The number of hydrogen-bond acceptors (Lipinski definition) is 6. The Morgan fingerprint density at radius 2 is 2.05 bits per heavy atom. The van der Waals surface area contributed by atoms with Crippen LogP contribution in [0.2, 0.25) is 0 Å². The number of ketones is 1. The number of Topliss-reactive ketones (excluding diaryl/α,β-unsaturated/α-hetero) is 1. The normalized spacial score (nSPS) is 10.9. The topological polar surface area (TPSA) is 85.1 Å². The molecule has 0 aromatic carbocycles. The quantitative estimate of drug-likeness (QED) is 0.794. The molecule has 2 aromatic rings. The largest absolute Gasteiger partial charge is 0.356 e. The van der Waals surface area contributed by atoms with E-state index in [4.69, 9.17) is 0 Å². The molecule has 2 aromatic heterocycles. The van der Waals surface area contributed by atoms with E-state index in [1.54, 1.807) is 11.6 Å². The van der Waals surface area contributed by atoms with Gasteiger partial charge in [0, 0.05) is 13.5 Å². The summed E-state index contributed by atoms with van der Waals surface area (Å²) in [5.74, 6) is 0.912. The molecule has 0 saturated heterocycles. The summed E-state index contributed by atoms with van der Waals surface area (Å²) in [6, 6.07) is 0. The lowest BCUT2D eigenvalue weighted by molar-refractivity contribution is 0.0974. The van der Waals surface area contributed by atoms with Gasteiger partial charge in [-0.15, -0.1) is 15.3 Å². The number of nitrogens with one attached hydrogen (secondary N) is 1. The van der Waals surface area contributed by atoms with Crippen molar-refractivity contribution in [3.8, 4) is 0 Å². The molecule has 0 atom stereocenters. The lowest BCUT2D eigenvalue weighted by atomic mass is 10.1. The first-order valence-corrected chi connectivity index (χ1v) is 6.54. The predicted molar refractivity (Wildman–Crippen MR) is 71.4 cm³/mol. The van der Waals surface area contributed by atoms with Gasteiger partial charge in [0.15, 0.2) is 11.5 Å². The smallest absolute Gasteiger partial charge is 0.273 e. The summed E-state index contributed by atoms with van der Waals surface area (Å²) in [6.45, 7) is 4.02. The Balaban J connectivity index is 2.57. The predicted octanol–water partition coefficient (Wildman–Crippen LogP) is 1.50. The van der Waals surface area contributed by atoms with Gasteiger partial charge in [-0.1, -0.05) is 20.3 Å². The van der Waals surface area contributed by atoms with E-state index < -0.39 is 0 Å². The summed E-state index contributed by atoms with van der Waals surface area (Å²) in [7, 11) is 1.74. The van der Waals surface area contributed by atoms with E-state index in [1.807, 2.05) is 6.92 Å². The Hall–Kier alpha value is -2.05. The molecule has 7 heteroatoms. The average Bonchev–Trinajstić information content (AvgIpc) is 2.83. The minimum absolute atomic E-state index is 0.0156. The zero-order chi connectivity index (χ0) is 13.8. The molecule has 2 heterocycles. The zero-order valence-corrected chi connectivity index (χ0v) is 11.5. The molecular weight excluding hydrogens is 244 g/mol. The maximum absolute atomic E-state index is 12.1. The van der Waals surface area contributed by atoms with Crippen LogP contribution >= 0.6 is 0 Å². The molecule has 0 fully saturated rings. The van der Waals surface area contributed by atoms with E-state index in [0.717, 1.165) is 25.0 Å². The molecule has 0 aliphatic heterocycles. The molecule has 0 unspecified atom stereocenters. The number of anilines is 1. The van der Waals surface area contributed by atoms with Crippen LogP contribution in [-0.4, -0.2) is 37.6 Å². The van der Waals surface area contributed by atoms with Gasteiger partial charge in [0.25, 0.3) is 5.78 Å². The summed E-state index contributed by atoms with van der Waals surface area (Å²) >= 11 is 0. The van der Waals surface area contributed by atoms with Crippen LogP contribution in [0.15, 0.2) is 0 Å². The minimum atomic E-state index is 0.0156. The van der Waals surface area contributed by atoms with E-state index in [-0.39, 0.29) is 5.78 Å². The molecule has 0 aliphatic carbocycles. The fourth-order valence-electron chi connectivity index (χ4n) is 1.93. The van der Waals surface area contributed by atoms with Crippen LogP contribution in [-0.2, 0) is 6.42 Å². The Bertz CT molecular complexity index is 591. The van der Waals surface area contributed by atoms with E-state index in [2.05, 4.69) is 32.5 Å². The number of carbonyl (C=O) groups is 1. The first-order chi connectivity index (χ1) is 9.21. The minimum Gasteiger partial charge on any atom is -0.356 e. The number of aryl methyl sites for hydroxylation is 1. The van der Waals surface area contributed by atoms with Gasteiger partial charge >= 0.3 is 0 Å². The third-order valence-corrected chi connectivity index (χ3v) is 2.81. The second kappa shape index (κ2) is 5.73. The van der Waals surface area contributed by atoms with Gasteiger partial charge in [0.1, 0.15) is 0 Å². The van der Waals surface area contributed by atoms with Crippen molar-refractivity contribution in [3.05, 3.63) is 11.4 Å². The molecule has 7 nitrogen and oxygen atoms in total. The average molecular weight is 262 g/mol. The van der Waals surface area contributed by atoms with Gasteiger partial charge in [0.2, 0.25) is 5.95 Å². The summed E-state index contributed by atoms with van der Waals surface area (Å²) < 4.78 is 1.62. The zero-order valence-electron chi connectivity index (χ0n) is 11.5. The molecule has 0 bridgehead atoms. The van der Waals surface area contributed by atoms with E-state index >= 15 is 0 Å². The van der Waals surface area contributed by atoms with Gasteiger partial charge < -0.3 is 5.32 Å². The second-order valence-electron chi connectivity index (χ2n) is 4.32. The summed E-state index contributed by atoms with van der Waals surface area (Å²) in [5.41, 5.74) is 1.21. The first kappa shape index (κ1) is 13.4. The number of aromatic nitrogens is 5. The van der Waals surface area contributed by atoms with Gasteiger partial charge in [-0.05, 0) is 12.8 Å². The van der Waals surface area contributed by atoms with Crippen LogP contribution in [0.5, 0.6) is 0 Å². The summed E-state index contributed by atoms with van der Waals surface area (Å²) in [4.78, 5) is 16.3. The third-order valence-electron chi connectivity index (χ3n) is 2.81. The number of carbonyl (C=O) groups excluding carboxylic acids is 1. The van der Waals surface area contributed by atoms with Crippen LogP contribution in [0.1, 0.15) is 49.3 Å². The number of nitrogens with zero attached hydrogens (tertiary/aromatic N) is 5. The highest BCUT2D eigenvalue weighted by molar-refractivity contribution is 5.95. The van der Waals surface area contributed by atoms with E-state index in [0.29, 0.717) is 23.8 Å². The fourth-order valence-corrected chi connectivity index (χ4v) is 1.93. The van der Waals surface area contributed by atoms with Crippen LogP contribution in [0.4, 0.5) is 5.95 Å². The number of fused-ring (bicyclic) bond motifs is 1. The molecule has 2 rings (SSSR count). The maximum atomic E-state index is 12.1. The first-order valence-electron chi connectivity index (χ1n) is 6.54. The highest BCUT2D eigenvalue weighted by Gasteiger charge is 2.18. The van der Waals surface area contributed by atoms with Crippen LogP contribution in [0.3, 0.4) is 0 Å². The fraction of sp³-hybridized carbons (Fsp3) is 0.583. The van der Waals surface area contributed by atoms with Crippen molar-refractivity contribution < 1.29 is 4.79 Å². The van der Waals surface area contributed by atoms with Crippen molar-refractivity contribution in [2.45, 2.75) is 39.5 Å². The number of rotatable bonds is 6. The van der Waals surface area contributed by atoms with Crippen LogP contribution in [0.25, 0.3) is 5.78 Å². The highest BCUT2D eigenvalue weighted by Crippen LogP contribution is 2.13.